The summed E-state index contributed by atoms with van der Waals surface area (Å²) in [4.78, 5) is 29.6. The van der Waals surface area contributed by atoms with E-state index in [-0.39, 0.29) is 10.4 Å². The normalized spacial score (nSPS) is 10.4. The number of nitrogens with one attached hydrogen (secondary N) is 1. The van der Waals surface area contributed by atoms with Crippen molar-refractivity contribution in [2.75, 3.05) is 0 Å². The lowest BCUT2D eigenvalue weighted by molar-refractivity contribution is 0.0702. The number of rotatable bonds is 3. The van der Waals surface area contributed by atoms with Gasteiger partial charge in [0.15, 0.2) is 0 Å². The predicted molar refractivity (Wildman–Crippen MR) is 73.0 cm³/mol. The van der Waals surface area contributed by atoms with Crippen LogP contribution in [0.3, 0.4) is 0 Å². The molecule has 2 N–H and O–H groups in total. The Morgan fingerprint density at radius 3 is 3.00 bits per heavy atom. The highest BCUT2D eigenvalue weighted by Gasteiger charge is 2.11. The molecule has 0 saturated carbocycles. The maximum absolute atomic E-state index is 11.3. The molecule has 2 heterocycles. The lowest BCUT2D eigenvalue weighted by Gasteiger charge is -1.98. The first-order valence-electron chi connectivity index (χ1n) is 4.31. The van der Waals surface area contributed by atoms with Gasteiger partial charge in [0.25, 0.3) is 5.56 Å². The molecule has 17 heavy (non-hydrogen) atoms. The second kappa shape index (κ2) is 5.19. The number of nitrogens with zero attached hydrogens (tertiary/aromatic N) is 1. The Morgan fingerprint density at radius 2 is 2.35 bits per heavy atom. The third kappa shape index (κ3) is 2.87. The number of thiophene rings is 1. The fourth-order valence-corrected chi connectivity index (χ4v) is 3.37. The number of H-pyrrole nitrogens is 1. The van der Waals surface area contributed by atoms with Gasteiger partial charge in [0, 0.05) is 10.3 Å². The Kier molecular flexibility index (Phi) is 3.84. The van der Waals surface area contributed by atoms with Crippen molar-refractivity contribution in [3.05, 3.63) is 36.6 Å². The Hall–Kier alpha value is -0.870. The molecule has 88 valence electrons. The minimum Gasteiger partial charge on any atom is -0.477 e. The Morgan fingerprint density at radius 1 is 1.59 bits per heavy atom. The monoisotopic (exact) mass is 380 g/mol. The van der Waals surface area contributed by atoms with Crippen LogP contribution >= 0.6 is 45.7 Å². The van der Waals surface area contributed by atoms with E-state index < -0.39 is 5.97 Å². The lowest BCUT2D eigenvalue weighted by atomic mass is 10.5. The molecule has 0 amide bonds. The standard InChI is InChI=1S/C9H5IN2O3S2/c10-6-7(13)11-3-12-8(6)17-4-1-5(9(14)15)16-2-4/h1-3H,(H,14,15)(H,11,12,13). The number of aromatic nitrogens is 2. The summed E-state index contributed by atoms with van der Waals surface area (Å²) in [6.45, 7) is 0. The number of hydrogen-bond donors (Lipinski definition) is 2. The van der Waals surface area contributed by atoms with Gasteiger partial charge in [-0.1, -0.05) is 11.8 Å². The highest BCUT2D eigenvalue weighted by molar-refractivity contribution is 14.1. The summed E-state index contributed by atoms with van der Waals surface area (Å²) >= 11 is 4.34. The van der Waals surface area contributed by atoms with Crippen molar-refractivity contribution < 1.29 is 9.90 Å². The molecule has 0 aliphatic carbocycles. The van der Waals surface area contributed by atoms with Crippen LogP contribution < -0.4 is 5.56 Å². The smallest absolute Gasteiger partial charge is 0.345 e. The maximum Gasteiger partial charge on any atom is 0.345 e. The molecule has 2 aromatic rings. The third-order valence-corrected chi connectivity index (χ3v) is 5.17. The van der Waals surface area contributed by atoms with E-state index in [0.717, 1.165) is 16.2 Å². The average molecular weight is 380 g/mol. The van der Waals surface area contributed by atoms with Gasteiger partial charge in [0.05, 0.1) is 6.33 Å². The number of halogens is 1. The molecule has 0 bridgehead atoms. The fraction of sp³-hybridized carbons (Fsp3) is 0. The SMILES string of the molecule is O=C(O)c1cc(Sc2nc[nH]c(=O)c2I)cs1. The minimum atomic E-state index is -0.949. The Balaban J connectivity index is 2.28. The van der Waals surface area contributed by atoms with Gasteiger partial charge in [0.1, 0.15) is 13.5 Å². The molecule has 8 heteroatoms. The first kappa shape index (κ1) is 12.6. The summed E-state index contributed by atoms with van der Waals surface area (Å²) in [6.07, 6.45) is 1.33. The van der Waals surface area contributed by atoms with Crippen LogP contribution in [0.15, 0.2) is 32.5 Å². The predicted octanol–water partition coefficient (Wildman–Crippen LogP) is 2.29. The van der Waals surface area contributed by atoms with Crippen LogP contribution in [0, 0.1) is 3.57 Å². The van der Waals surface area contributed by atoms with E-state index in [4.69, 9.17) is 5.11 Å². The minimum absolute atomic E-state index is 0.197. The average Bonchev–Trinajstić information content (AvgIpc) is 2.73. The zero-order valence-corrected chi connectivity index (χ0v) is 11.9. The molecule has 0 fully saturated rings. The molecule has 5 nitrogen and oxygen atoms in total. The van der Waals surface area contributed by atoms with E-state index in [2.05, 4.69) is 9.97 Å². The van der Waals surface area contributed by atoms with Crippen molar-refractivity contribution >= 4 is 51.7 Å². The summed E-state index contributed by atoms with van der Waals surface area (Å²) < 4.78 is 0.498. The molecule has 2 aromatic heterocycles. The van der Waals surface area contributed by atoms with Gasteiger partial charge < -0.3 is 10.1 Å². The Bertz CT molecular complexity index is 623. The molecular weight excluding hydrogens is 375 g/mol. The summed E-state index contributed by atoms with van der Waals surface area (Å²) in [5.41, 5.74) is -0.197. The number of aromatic amines is 1. The summed E-state index contributed by atoms with van der Waals surface area (Å²) in [6, 6.07) is 1.57. The highest BCUT2D eigenvalue weighted by atomic mass is 127. The van der Waals surface area contributed by atoms with Crippen molar-refractivity contribution in [3.8, 4) is 0 Å². The van der Waals surface area contributed by atoms with E-state index in [0.29, 0.717) is 8.60 Å². The molecule has 0 atom stereocenters. The number of carboxylic acid groups (broad SMARTS) is 1. The summed E-state index contributed by atoms with van der Waals surface area (Å²) in [5, 5.41) is 11.1. The van der Waals surface area contributed by atoms with Crippen molar-refractivity contribution in [1.82, 2.24) is 9.97 Å². The summed E-state index contributed by atoms with van der Waals surface area (Å²) in [7, 11) is 0. The lowest BCUT2D eigenvalue weighted by Crippen LogP contribution is -2.10. The third-order valence-electron chi connectivity index (χ3n) is 1.77. The molecule has 0 saturated heterocycles. The molecule has 0 aromatic carbocycles. The van der Waals surface area contributed by atoms with Crippen LogP contribution in [0.25, 0.3) is 0 Å². The first-order chi connectivity index (χ1) is 8.08. The van der Waals surface area contributed by atoms with Gasteiger partial charge in [0.2, 0.25) is 0 Å². The van der Waals surface area contributed by atoms with Crippen molar-refractivity contribution in [3.63, 3.8) is 0 Å². The molecule has 2 rings (SSSR count). The maximum atomic E-state index is 11.3. The van der Waals surface area contributed by atoms with Gasteiger partial charge in [-0.2, -0.15) is 0 Å². The van der Waals surface area contributed by atoms with Gasteiger partial charge >= 0.3 is 5.97 Å². The van der Waals surface area contributed by atoms with E-state index in [9.17, 15) is 9.59 Å². The van der Waals surface area contributed by atoms with Crippen LogP contribution in [0.2, 0.25) is 0 Å². The quantitative estimate of drug-likeness (QED) is 0.631. The molecule has 0 aliphatic rings. The number of carboxylic acids is 1. The van der Waals surface area contributed by atoms with Gasteiger partial charge in [-0.15, -0.1) is 11.3 Å². The van der Waals surface area contributed by atoms with Gasteiger partial charge in [-0.05, 0) is 28.7 Å². The van der Waals surface area contributed by atoms with Crippen LogP contribution in [-0.2, 0) is 0 Å². The van der Waals surface area contributed by atoms with E-state index in [1.807, 2.05) is 22.6 Å². The zero-order chi connectivity index (χ0) is 12.4. The Labute approximate surface area is 117 Å². The van der Waals surface area contributed by atoms with Crippen molar-refractivity contribution in [2.45, 2.75) is 9.92 Å². The molecular formula is C9H5IN2O3S2. The molecule has 0 spiro atoms. The first-order valence-corrected chi connectivity index (χ1v) is 7.08. The van der Waals surface area contributed by atoms with E-state index in [1.54, 1.807) is 11.4 Å². The zero-order valence-electron chi connectivity index (χ0n) is 8.14. The van der Waals surface area contributed by atoms with E-state index >= 15 is 0 Å². The van der Waals surface area contributed by atoms with Crippen LogP contribution in [-0.4, -0.2) is 21.0 Å². The van der Waals surface area contributed by atoms with Crippen LogP contribution in [0.4, 0.5) is 0 Å². The molecule has 0 unspecified atom stereocenters. The number of hydrogen-bond acceptors (Lipinski definition) is 5. The van der Waals surface area contributed by atoms with Crippen LogP contribution in [0.5, 0.6) is 0 Å². The largest absolute Gasteiger partial charge is 0.477 e. The van der Waals surface area contributed by atoms with E-state index in [1.165, 1.54) is 18.1 Å². The topological polar surface area (TPSA) is 83.0 Å². The molecule has 0 radical (unpaired) electrons. The second-order valence-corrected chi connectivity index (χ2v) is 5.96. The van der Waals surface area contributed by atoms with Gasteiger partial charge in [-0.25, -0.2) is 9.78 Å². The molecule has 0 aliphatic heterocycles. The van der Waals surface area contributed by atoms with Gasteiger partial charge in [-0.3, -0.25) is 4.79 Å². The van der Waals surface area contributed by atoms with Crippen molar-refractivity contribution in [1.29, 1.82) is 0 Å². The number of aromatic carboxylic acids is 1. The second-order valence-electron chi connectivity index (χ2n) is 2.90. The van der Waals surface area contributed by atoms with Crippen molar-refractivity contribution in [2.24, 2.45) is 0 Å². The van der Waals surface area contributed by atoms with Crippen LogP contribution in [0.1, 0.15) is 9.67 Å². The number of carbonyl (C=O) groups is 1. The highest BCUT2D eigenvalue weighted by Crippen LogP contribution is 2.31. The fourth-order valence-electron chi connectivity index (χ4n) is 1.03. The summed E-state index contributed by atoms with van der Waals surface area (Å²) in [5.74, 6) is -0.949.